The first-order valence-corrected chi connectivity index (χ1v) is 2.61. The molecule has 40 valence electrons. The monoisotopic (exact) mass is 107 g/mol. The molecule has 1 heterocycles. The first-order valence-electron chi connectivity index (χ1n) is 2.61. The quantitative estimate of drug-likeness (QED) is 0.506. The lowest BCUT2D eigenvalue weighted by Gasteiger charge is -1.67. The van der Waals surface area contributed by atoms with Gasteiger partial charge in [-0.15, -0.1) is 0 Å². The number of rotatable bonds is 1. The highest BCUT2D eigenvalue weighted by Crippen LogP contribution is 1.76. The van der Waals surface area contributed by atoms with Crippen molar-refractivity contribution in [2.75, 3.05) is 0 Å². The van der Waals surface area contributed by atoms with Gasteiger partial charge in [0.2, 0.25) is 0 Å². The van der Waals surface area contributed by atoms with Crippen molar-refractivity contribution >= 4 is 0 Å². The van der Waals surface area contributed by atoms with Gasteiger partial charge in [0.1, 0.15) is 0 Å². The molecule has 0 aliphatic heterocycles. The van der Waals surface area contributed by atoms with Crippen molar-refractivity contribution in [1.29, 1.82) is 0 Å². The average molecular weight is 107 g/mol. The van der Waals surface area contributed by atoms with Crippen molar-refractivity contribution in [3.63, 3.8) is 0 Å². The molecule has 0 saturated heterocycles. The van der Waals surface area contributed by atoms with E-state index in [-0.39, 0.29) is 0 Å². The molecule has 0 N–H and O–H groups in total. The predicted molar refractivity (Wildman–Crippen MR) is 28.0 cm³/mol. The molecule has 0 spiro atoms. The number of aromatic nitrogens is 2. The van der Waals surface area contributed by atoms with Crippen LogP contribution in [0.2, 0.25) is 0 Å². The van der Waals surface area contributed by atoms with Crippen LogP contribution in [-0.2, 0) is 6.42 Å². The lowest BCUT2D eigenvalue weighted by atomic mass is 10.5. The largest absolute Gasteiger partial charge is 0.401 e. The van der Waals surface area contributed by atoms with E-state index in [1.54, 1.807) is 12.3 Å². The van der Waals surface area contributed by atoms with Crippen LogP contribution in [0.25, 0.3) is 0 Å². The second-order valence-corrected chi connectivity index (χ2v) is 1.46. The van der Waals surface area contributed by atoms with Crippen LogP contribution in [0.1, 0.15) is 12.7 Å². The van der Waals surface area contributed by atoms with Gasteiger partial charge >= 0.3 is 5.82 Å². The molecule has 1 aromatic heterocycles. The zero-order chi connectivity index (χ0) is 5.82. The van der Waals surface area contributed by atoms with E-state index >= 15 is 0 Å². The maximum Gasteiger partial charge on any atom is 0.401 e. The lowest BCUT2D eigenvalue weighted by Crippen LogP contribution is -2.02. The summed E-state index contributed by atoms with van der Waals surface area (Å²) in [7, 11) is 0. The van der Waals surface area contributed by atoms with Gasteiger partial charge in [-0.3, -0.25) is 0 Å². The minimum atomic E-state index is 0.854. The van der Waals surface area contributed by atoms with Crippen LogP contribution in [0.4, 0.5) is 0 Å². The van der Waals surface area contributed by atoms with Gasteiger partial charge in [-0.05, 0) is 4.98 Å². The Balaban J connectivity index is 2.83. The summed E-state index contributed by atoms with van der Waals surface area (Å²) in [5, 5.41) is 0. The fourth-order valence-corrected chi connectivity index (χ4v) is 0.468. The normalized spacial score (nSPS) is 8.12. The van der Waals surface area contributed by atoms with Gasteiger partial charge in [-0.1, -0.05) is 6.92 Å². The van der Waals surface area contributed by atoms with Crippen LogP contribution in [0.3, 0.4) is 0 Å². The molecule has 1 rings (SSSR count). The van der Waals surface area contributed by atoms with Crippen molar-refractivity contribution in [2.24, 2.45) is 0 Å². The van der Waals surface area contributed by atoms with Crippen molar-refractivity contribution in [3.05, 3.63) is 24.3 Å². The summed E-state index contributed by atoms with van der Waals surface area (Å²) in [5.74, 6) is 0.854. The molecule has 2 heteroatoms. The summed E-state index contributed by atoms with van der Waals surface area (Å²) in [4.78, 5) is 7.82. The zero-order valence-corrected chi connectivity index (χ0v) is 4.76. The molecule has 0 radical (unpaired) electrons. The smallest absolute Gasteiger partial charge is 0.154 e. The topological polar surface area (TPSA) is 27.0 Å². The van der Waals surface area contributed by atoms with Gasteiger partial charge in [0, 0.05) is 0 Å². The maximum atomic E-state index is 3.95. The highest BCUT2D eigenvalue weighted by atomic mass is 14.8. The van der Waals surface area contributed by atoms with Crippen LogP contribution < -0.4 is 4.98 Å². The van der Waals surface area contributed by atoms with Crippen LogP contribution in [-0.4, -0.2) is 4.98 Å². The first-order chi connectivity index (χ1) is 3.93. The van der Waals surface area contributed by atoms with E-state index in [2.05, 4.69) is 16.2 Å². The highest BCUT2D eigenvalue weighted by Gasteiger charge is 1.96. The molecule has 0 aliphatic rings. The van der Waals surface area contributed by atoms with Gasteiger partial charge in [-0.25, -0.2) is 0 Å². The molecule has 0 unspecified atom stereocenters. The Kier molecular flexibility index (Phi) is 1.43. The molecule has 0 amide bonds. The summed E-state index contributed by atoms with van der Waals surface area (Å²) in [6.07, 6.45) is 5.29. The lowest BCUT2D eigenvalue weighted by molar-refractivity contribution is -0.313. The highest BCUT2D eigenvalue weighted by molar-refractivity contribution is 4.74. The molecule has 0 saturated carbocycles. The summed E-state index contributed by atoms with van der Waals surface area (Å²) in [5.41, 5.74) is 0. The molecule has 8 heavy (non-hydrogen) atoms. The van der Waals surface area contributed by atoms with E-state index in [1.165, 1.54) is 0 Å². The summed E-state index contributed by atoms with van der Waals surface area (Å²) >= 11 is 0. The van der Waals surface area contributed by atoms with E-state index in [0.717, 1.165) is 12.2 Å². The third kappa shape index (κ3) is 0.941. The first kappa shape index (κ1) is 5.04. The fraction of sp³-hybridized carbons (Fsp3) is 0.333. The van der Waals surface area contributed by atoms with Crippen LogP contribution in [0, 0.1) is 6.20 Å². The standard InChI is InChI=1S/C6H7N2/c1-2-6-7-4-3-5-8-6/h3-4H,2H2,1H3/q+1. The molecule has 1 aromatic rings. The zero-order valence-electron chi connectivity index (χ0n) is 4.76. The molecule has 0 fully saturated rings. The van der Waals surface area contributed by atoms with Crippen molar-refractivity contribution < 1.29 is 4.98 Å². The predicted octanol–water partition coefficient (Wildman–Crippen LogP) is 0.0441. The van der Waals surface area contributed by atoms with E-state index in [1.807, 2.05) is 6.92 Å². The molecule has 0 aliphatic carbocycles. The Morgan fingerprint density at radius 2 is 2.75 bits per heavy atom. The van der Waals surface area contributed by atoms with Gasteiger partial charge in [0.05, 0.1) is 12.5 Å². The number of hydrogen-bond donors (Lipinski definition) is 0. The summed E-state index contributed by atoms with van der Waals surface area (Å²) in [6, 6.07) is 1.69. The minimum Gasteiger partial charge on any atom is -0.154 e. The maximum absolute atomic E-state index is 3.95. The van der Waals surface area contributed by atoms with Gasteiger partial charge < -0.3 is 0 Å². The van der Waals surface area contributed by atoms with Gasteiger partial charge in [0.15, 0.2) is 12.4 Å². The van der Waals surface area contributed by atoms with Crippen molar-refractivity contribution in [3.8, 4) is 0 Å². The third-order valence-electron chi connectivity index (χ3n) is 0.882. The van der Waals surface area contributed by atoms with E-state index in [4.69, 9.17) is 0 Å². The molecular weight excluding hydrogens is 100 g/mol. The van der Waals surface area contributed by atoms with Crippen LogP contribution >= 0.6 is 0 Å². The van der Waals surface area contributed by atoms with E-state index in [9.17, 15) is 0 Å². The molecule has 0 atom stereocenters. The molecular formula is C6H7N2+. The number of nitrogens with zero attached hydrogens (tertiary/aromatic N) is 2. The fourth-order valence-electron chi connectivity index (χ4n) is 0.468. The Labute approximate surface area is 48.6 Å². The Morgan fingerprint density at radius 1 is 1.88 bits per heavy atom. The van der Waals surface area contributed by atoms with E-state index < -0.39 is 0 Å². The molecule has 2 nitrogen and oxygen atoms in total. The van der Waals surface area contributed by atoms with Crippen LogP contribution in [0.15, 0.2) is 12.3 Å². The van der Waals surface area contributed by atoms with Gasteiger partial charge in [0.25, 0.3) is 0 Å². The Hall–Kier alpha value is -1.10. The minimum absolute atomic E-state index is 0.854. The second kappa shape index (κ2) is 2.27. The summed E-state index contributed by atoms with van der Waals surface area (Å²) in [6.45, 7) is 2.02. The molecule has 0 aromatic carbocycles. The SMILES string of the molecule is CCc1nccc#[n+]1. The average Bonchev–Trinajstić information content (AvgIpc) is 1.90. The molecule has 0 bridgehead atoms. The summed E-state index contributed by atoms with van der Waals surface area (Å²) < 4.78 is 0. The third-order valence-corrected chi connectivity index (χ3v) is 0.882. The second-order valence-electron chi connectivity index (χ2n) is 1.46. The Morgan fingerprint density at radius 3 is 3.12 bits per heavy atom. The Bertz CT molecular complexity index is 148. The van der Waals surface area contributed by atoms with Gasteiger partial charge in [-0.2, -0.15) is 4.98 Å². The number of hydrogen-bond acceptors (Lipinski definition) is 1. The van der Waals surface area contributed by atoms with Crippen molar-refractivity contribution in [2.45, 2.75) is 13.3 Å². The van der Waals surface area contributed by atoms with E-state index in [0.29, 0.717) is 0 Å². The number of aryl methyl sites for hydroxylation is 1. The van der Waals surface area contributed by atoms with Crippen LogP contribution in [0.5, 0.6) is 0 Å². The van der Waals surface area contributed by atoms with Crippen molar-refractivity contribution in [1.82, 2.24) is 4.98 Å².